The zero-order valence-corrected chi connectivity index (χ0v) is 16.5. The molecule has 8 heteroatoms. The lowest BCUT2D eigenvalue weighted by molar-refractivity contribution is -0.131. The van der Waals surface area contributed by atoms with Crippen LogP contribution in [0, 0.1) is 5.82 Å². The molecule has 0 saturated carbocycles. The SMILES string of the molecule is CN(C)c1nccc(-c2cn[nH]c2[C@@H]2CCCN2C(=O)Cc2ccccc2F)n1. The Morgan fingerprint density at radius 2 is 2.14 bits per heavy atom. The minimum Gasteiger partial charge on any atom is -0.347 e. The Balaban J connectivity index is 1.60. The minimum absolute atomic E-state index is 0.0466. The number of carbonyl (C=O) groups is 1. The average molecular weight is 394 g/mol. The van der Waals surface area contributed by atoms with E-state index in [1.807, 2.05) is 30.0 Å². The van der Waals surface area contributed by atoms with Gasteiger partial charge in [-0.15, -0.1) is 0 Å². The fourth-order valence-corrected chi connectivity index (χ4v) is 3.74. The average Bonchev–Trinajstić information content (AvgIpc) is 3.39. The summed E-state index contributed by atoms with van der Waals surface area (Å²) in [5, 5.41) is 7.28. The van der Waals surface area contributed by atoms with Crippen LogP contribution in [0.3, 0.4) is 0 Å². The quantitative estimate of drug-likeness (QED) is 0.720. The lowest BCUT2D eigenvalue weighted by atomic mass is 10.0. The smallest absolute Gasteiger partial charge is 0.227 e. The maximum Gasteiger partial charge on any atom is 0.227 e. The van der Waals surface area contributed by atoms with Gasteiger partial charge in [0.15, 0.2) is 0 Å². The van der Waals surface area contributed by atoms with Crippen molar-refractivity contribution in [1.29, 1.82) is 0 Å². The van der Waals surface area contributed by atoms with Crippen molar-refractivity contribution in [3.63, 3.8) is 0 Å². The number of amides is 1. The van der Waals surface area contributed by atoms with Crippen LogP contribution in [0.2, 0.25) is 0 Å². The Morgan fingerprint density at radius 1 is 1.31 bits per heavy atom. The molecule has 1 fully saturated rings. The zero-order chi connectivity index (χ0) is 20.4. The van der Waals surface area contributed by atoms with Crippen LogP contribution in [0.5, 0.6) is 0 Å². The molecule has 3 aromatic rings. The third-order valence-corrected chi connectivity index (χ3v) is 5.19. The van der Waals surface area contributed by atoms with Crippen molar-refractivity contribution in [2.75, 3.05) is 25.5 Å². The summed E-state index contributed by atoms with van der Waals surface area (Å²) in [6.45, 7) is 0.642. The Hall–Kier alpha value is -3.29. The number of aromatic amines is 1. The van der Waals surface area contributed by atoms with E-state index >= 15 is 0 Å². The van der Waals surface area contributed by atoms with Gasteiger partial charge in [0.2, 0.25) is 11.9 Å². The molecule has 0 bridgehead atoms. The number of benzene rings is 1. The highest BCUT2D eigenvalue weighted by Gasteiger charge is 2.33. The molecule has 0 aliphatic carbocycles. The van der Waals surface area contributed by atoms with Crippen molar-refractivity contribution >= 4 is 11.9 Å². The van der Waals surface area contributed by atoms with Gasteiger partial charge < -0.3 is 9.80 Å². The van der Waals surface area contributed by atoms with E-state index in [2.05, 4.69) is 20.2 Å². The van der Waals surface area contributed by atoms with Gasteiger partial charge in [0.1, 0.15) is 5.82 Å². The Morgan fingerprint density at radius 3 is 2.93 bits per heavy atom. The van der Waals surface area contributed by atoms with E-state index in [4.69, 9.17) is 0 Å². The number of nitrogens with zero attached hydrogens (tertiary/aromatic N) is 5. The molecule has 150 valence electrons. The topological polar surface area (TPSA) is 78.0 Å². The molecule has 2 aromatic heterocycles. The highest BCUT2D eigenvalue weighted by molar-refractivity contribution is 5.80. The van der Waals surface area contributed by atoms with Crippen LogP contribution in [0.15, 0.2) is 42.7 Å². The van der Waals surface area contributed by atoms with Crippen molar-refractivity contribution in [1.82, 2.24) is 25.1 Å². The van der Waals surface area contributed by atoms with Crippen LogP contribution in [0.4, 0.5) is 10.3 Å². The third-order valence-electron chi connectivity index (χ3n) is 5.19. The highest BCUT2D eigenvalue weighted by Crippen LogP contribution is 2.36. The number of hydrogen-bond acceptors (Lipinski definition) is 5. The predicted octanol–water partition coefficient (Wildman–Crippen LogP) is 2.98. The van der Waals surface area contributed by atoms with Crippen molar-refractivity contribution in [2.45, 2.75) is 25.3 Å². The second-order valence-corrected chi connectivity index (χ2v) is 7.35. The maximum absolute atomic E-state index is 14.0. The number of carbonyl (C=O) groups excluding carboxylic acids is 1. The second-order valence-electron chi connectivity index (χ2n) is 7.35. The number of halogens is 1. The molecule has 3 heterocycles. The summed E-state index contributed by atoms with van der Waals surface area (Å²) in [6, 6.07) is 8.12. The van der Waals surface area contributed by atoms with Gasteiger partial charge in [-0.25, -0.2) is 14.4 Å². The molecule has 0 spiro atoms. The molecule has 1 amide bonds. The molecule has 0 unspecified atom stereocenters. The van der Waals surface area contributed by atoms with E-state index in [1.165, 1.54) is 6.07 Å². The Bertz CT molecular complexity index is 1020. The highest BCUT2D eigenvalue weighted by atomic mass is 19.1. The molecule has 1 atom stereocenters. The first-order valence-electron chi connectivity index (χ1n) is 9.61. The van der Waals surface area contributed by atoms with Gasteiger partial charge >= 0.3 is 0 Å². The van der Waals surface area contributed by atoms with E-state index in [-0.39, 0.29) is 24.2 Å². The number of likely N-dealkylation sites (tertiary alicyclic amines) is 1. The predicted molar refractivity (Wildman–Crippen MR) is 108 cm³/mol. The summed E-state index contributed by atoms with van der Waals surface area (Å²) in [4.78, 5) is 25.5. The van der Waals surface area contributed by atoms with Gasteiger partial charge in [0.25, 0.3) is 0 Å². The number of nitrogens with one attached hydrogen (secondary N) is 1. The fraction of sp³-hybridized carbons (Fsp3) is 0.333. The standard InChI is InChI=1S/C21H23FN6O/c1-27(2)21-23-10-9-17(25-21)15-13-24-26-20(15)18-8-5-11-28(18)19(29)12-14-6-3-4-7-16(14)22/h3-4,6-7,9-10,13,18H,5,8,11-12H2,1-2H3,(H,24,26)/t18-/m0/s1. The number of H-pyrrole nitrogens is 1. The van der Waals surface area contributed by atoms with Gasteiger partial charge in [0.05, 0.1) is 30.0 Å². The molecule has 1 N–H and O–H groups in total. The van der Waals surface area contributed by atoms with Crippen LogP contribution >= 0.6 is 0 Å². The Kier molecular flexibility index (Phi) is 5.24. The van der Waals surface area contributed by atoms with Crippen LogP contribution in [0.1, 0.15) is 30.1 Å². The van der Waals surface area contributed by atoms with E-state index in [0.717, 1.165) is 29.8 Å². The van der Waals surface area contributed by atoms with E-state index < -0.39 is 0 Å². The van der Waals surface area contributed by atoms with Crippen molar-refractivity contribution in [3.8, 4) is 11.3 Å². The summed E-state index contributed by atoms with van der Waals surface area (Å²) in [7, 11) is 3.77. The van der Waals surface area contributed by atoms with Gasteiger partial charge in [-0.3, -0.25) is 9.89 Å². The van der Waals surface area contributed by atoms with Crippen molar-refractivity contribution < 1.29 is 9.18 Å². The summed E-state index contributed by atoms with van der Waals surface area (Å²) < 4.78 is 14.0. The molecule has 7 nitrogen and oxygen atoms in total. The van der Waals surface area contributed by atoms with Gasteiger partial charge in [-0.1, -0.05) is 18.2 Å². The second kappa shape index (κ2) is 7.98. The van der Waals surface area contributed by atoms with E-state index in [1.54, 1.807) is 30.6 Å². The fourth-order valence-electron chi connectivity index (χ4n) is 3.74. The monoisotopic (exact) mass is 394 g/mol. The molecule has 0 radical (unpaired) electrons. The molecule has 1 aromatic carbocycles. The summed E-state index contributed by atoms with van der Waals surface area (Å²) in [6.07, 6.45) is 5.20. The summed E-state index contributed by atoms with van der Waals surface area (Å²) in [5.41, 5.74) is 2.87. The molecule has 1 aliphatic rings. The first-order chi connectivity index (χ1) is 14.0. The molecule has 29 heavy (non-hydrogen) atoms. The third kappa shape index (κ3) is 3.83. The number of aromatic nitrogens is 4. The number of anilines is 1. The molecular weight excluding hydrogens is 371 g/mol. The van der Waals surface area contributed by atoms with Gasteiger partial charge in [-0.05, 0) is 30.5 Å². The molecule has 1 saturated heterocycles. The first kappa shape index (κ1) is 19.0. The number of hydrogen-bond donors (Lipinski definition) is 1. The van der Waals surface area contributed by atoms with Crippen molar-refractivity contribution in [3.05, 3.63) is 59.8 Å². The minimum atomic E-state index is -0.351. The van der Waals surface area contributed by atoms with Crippen LogP contribution in [0.25, 0.3) is 11.3 Å². The van der Waals surface area contributed by atoms with E-state index in [9.17, 15) is 9.18 Å². The van der Waals surface area contributed by atoms with Crippen LogP contribution in [-0.2, 0) is 11.2 Å². The lowest BCUT2D eigenvalue weighted by Crippen LogP contribution is -2.32. The van der Waals surface area contributed by atoms with Crippen molar-refractivity contribution in [2.24, 2.45) is 0 Å². The van der Waals surface area contributed by atoms with E-state index in [0.29, 0.717) is 18.1 Å². The van der Waals surface area contributed by atoms with Gasteiger partial charge in [-0.2, -0.15) is 5.10 Å². The normalized spacial score (nSPS) is 16.2. The largest absolute Gasteiger partial charge is 0.347 e. The molecule has 4 rings (SSSR count). The van der Waals surface area contributed by atoms with Gasteiger partial charge in [0, 0.05) is 32.4 Å². The summed E-state index contributed by atoms with van der Waals surface area (Å²) in [5.74, 6) is 0.166. The first-order valence-corrected chi connectivity index (χ1v) is 9.61. The molecular formula is C21H23FN6O. The summed E-state index contributed by atoms with van der Waals surface area (Å²) >= 11 is 0. The maximum atomic E-state index is 14.0. The molecule has 1 aliphatic heterocycles. The zero-order valence-electron chi connectivity index (χ0n) is 16.5. The number of rotatable bonds is 5. The Labute approximate surface area is 168 Å². The lowest BCUT2D eigenvalue weighted by Gasteiger charge is -2.25. The van der Waals surface area contributed by atoms with Crippen LogP contribution < -0.4 is 4.90 Å². The van der Waals surface area contributed by atoms with Crippen LogP contribution in [-0.4, -0.2) is 51.6 Å².